The van der Waals surface area contributed by atoms with Gasteiger partial charge in [0.1, 0.15) is 6.29 Å². The van der Waals surface area contributed by atoms with Gasteiger partial charge >= 0.3 is 0 Å². The minimum absolute atomic E-state index is 0.155. The highest BCUT2D eigenvalue weighted by atomic mass is 16.1. The lowest BCUT2D eigenvalue weighted by Gasteiger charge is -2.36. The molecule has 1 saturated carbocycles. The largest absolute Gasteiger partial charge is 0.303 e. The molecule has 0 heterocycles. The van der Waals surface area contributed by atoms with Crippen molar-refractivity contribution in [1.29, 1.82) is 0 Å². The average molecular weight is 239 g/mol. The first-order chi connectivity index (χ1) is 8.00. The van der Waals surface area contributed by atoms with Gasteiger partial charge in [-0.05, 0) is 25.2 Å². The van der Waals surface area contributed by atoms with E-state index in [1.165, 1.54) is 25.7 Å². The lowest BCUT2D eigenvalue weighted by Crippen LogP contribution is -2.43. The van der Waals surface area contributed by atoms with Crippen LogP contribution in [0, 0.1) is 11.3 Å². The summed E-state index contributed by atoms with van der Waals surface area (Å²) >= 11 is 0. The Bertz CT molecular complexity index is 233. The van der Waals surface area contributed by atoms with Crippen molar-refractivity contribution in [2.24, 2.45) is 11.3 Å². The summed E-state index contributed by atoms with van der Waals surface area (Å²) in [6.07, 6.45) is 7.48. The first-order valence-corrected chi connectivity index (χ1v) is 7.21. The first kappa shape index (κ1) is 14.7. The predicted molar refractivity (Wildman–Crippen MR) is 73.1 cm³/mol. The highest BCUT2D eigenvalue weighted by Crippen LogP contribution is 2.28. The van der Waals surface area contributed by atoms with Gasteiger partial charge in [-0.25, -0.2) is 0 Å². The molecule has 0 amide bonds. The molecule has 0 aliphatic heterocycles. The molecule has 1 fully saturated rings. The molecule has 0 aromatic rings. The number of rotatable bonds is 7. The number of nitrogens with zero attached hydrogens (tertiary/aromatic N) is 1. The minimum atomic E-state index is -0.155. The van der Waals surface area contributed by atoms with Crippen LogP contribution in [0.4, 0.5) is 0 Å². The molecule has 17 heavy (non-hydrogen) atoms. The van der Waals surface area contributed by atoms with Crippen LogP contribution in [0.5, 0.6) is 0 Å². The van der Waals surface area contributed by atoms with Crippen molar-refractivity contribution in [2.45, 2.75) is 65.8 Å². The lowest BCUT2D eigenvalue weighted by atomic mass is 9.88. The van der Waals surface area contributed by atoms with Crippen molar-refractivity contribution in [1.82, 2.24) is 4.90 Å². The summed E-state index contributed by atoms with van der Waals surface area (Å²) < 4.78 is 0. The van der Waals surface area contributed by atoms with Gasteiger partial charge in [-0.3, -0.25) is 4.90 Å². The van der Waals surface area contributed by atoms with E-state index < -0.39 is 0 Å². The lowest BCUT2D eigenvalue weighted by molar-refractivity contribution is -0.117. The van der Waals surface area contributed by atoms with Gasteiger partial charge in [0.05, 0.1) is 0 Å². The average Bonchev–Trinajstić information content (AvgIpc) is 2.81. The highest BCUT2D eigenvalue weighted by Gasteiger charge is 2.30. The summed E-state index contributed by atoms with van der Waals surface area (Å²) in [6, 6.07) is 0.725. The normalized spacial score (nSPS) is 21.1. The SMILES string of the molecule is CCC(C)(C=O)CN(CC(C)C)C1CCCC1. The second kappa shape index (κ2) is 6.53. The van der Waals surface area contributed by atoms with E-state index in [-0.39, 0.29) is 5.41 Å². The van der Waals surface area contributed by atoms with Gasteiger partial charge in [0, 0.05) is 24.5 Å². The monoisotopic (exact) mass is 239 g/mol. The standard InChI is InChI=1S/C15H29NO/c1-5-15(4,12-17)11-16(10-13(2)3)14-8-6-7-9-14/h12-14H,5-11H2,1-4H3. The molecule has 1 unspecified atom stereocenters. The molecule has 0 radical (unpaired) electrons. The molecule has 0 aromatic carbocycles. The van der Waals surface area contributed by atoms with E-state index in [0.717, 1.165) is 31.8 Å². The molecule has 100 valence electrons. The van der Waals surface area contributed by atoms with Crippen molar-refractivity contribution in [2.75, 3.05) is 13.1 Å². The van der Waals surface area contributed by atoms with Gasteiger partial charge < -0.3 is 4.79 Å². The van der Waals surface area contributed by atoms with Crippen LogP contribution in [-0.2, 0) is 4.79 Å². The maximum atomic E-state index is 11.3. The fourth-order valence-corrected chi connectivity index (χ4v) is 2.78. The molecule has 2 heteroatoms. The summed E-state index contributed by atoms with van der Waals surface area (Å²) in [4.78, 5) is 13.8. The van der Waals surface area contributed by atoms with Crippen LogP contribution in [0.25, 0.3) is 0 Å². The van der Waals surface area contributed by atoms with Crippen molar-refractivity contribution in [3.8, 4) is 0 Å². The van der Waals surface area contributed by atoms with Crippen LogP contribution < -0.4 is 0 Å². The van der Waals surface area contributed by atoms with Gasteiger partial charge in [-0.1, -0.05) is 40.5 Å². The second-order valence-corrected chi connectivity index (χ2v) is 6.39. The van der Waals surface area contributed by atoms with E-state index in [0.29, 0.717) is 5.92 Å². The van der Waals surface area contributed by atoms with Crippen LogP contribution in [0.1, 0.15) is 59.8 Å². The molecule has 0 aromatic heterocycles. The Hall–Kier alpha value is -0.370. The zero-order chi connectivity index (χ0) is 12.9. The topological polar surface area (TPSA) is 20.3 Å². The van der Waals surface area contributed by atoms with E-state index in [9.17, 15) is 4.79 Å². The van der Waals surface area contributed by atoms with Gasteiger partial charge in [-0.15, -0.1) is 0 Å². The van der Waals surface area contributed by atoms with Crippen molar-refractivity contribution in [3.63, 3.8) is 0 Å². The number of hydrogen-bond acceptors (Lipinski definition) is 2. The minimum Gasteiger partial charge on any atom is -0.303 e. The number of aldehydes is 1. The Morgan fingerprint density at radius 1 is 1.35 bits per heavy atom. The van der Waals surface area contributed by atoms with Crippen molar-refractivity contribution in [3.05, 3.63) is 0 Å². The van der Waals surface area contributed by atoms with E-state index in [1.54, 1.807) is 0 Å². The third-order valence-electron chi connectivity index (χ3n) is 4.10. The molecule has 1 rings (SSSR count). The van der Waals surface area contributed by atoms with E-state index in [2.05, 4.69) is 32.6 Å². The molecule has 1 aliphatic rings. The smallest absolute Gasteiger partial charge is 0.127 e. The van der Waals surface area contributed by atoms with Crippen molar-refractivity contribution >= 4 is 6.29 Å². The zero-order valence-electron chi connectivity index (χ0n) is 12.0. The highest BCUT2D eigenvalue weighted by molar-refractivity contribution is 5.58. The van der Waals surface area contributed by atoms with Gasteiger partial charge in [0.15, 0.2) is 0 Å². The number of carbonyl (C=O) groups excluding carboxylic acids is 1. The summed E-state index contributed by atoms with van der Waals surface area (Å²) in [7, 11) is 0. The zero-order valence-corrected chi connectivity index (χ0v) is 12.0. The maximum Gasteiger partial charge on any atom is 0.127 e. The summed E-state index contributed by atoms with van der Waals surface area (Å²) in [5.74, 6) is 0.684. The van der Waals surface area contributed by atoms with E-state index >= 15 is 0 Å². The summed E-state index contributed by atoms with van der Waals surface area (Å²) in [5.41, 5.74) is -0.155. The molecule has 0 spiro atoms. The van der Waals surface area contributed by atoms with E-state index in [1.807, 2.05) is 0 Å². The molecule has 0 bridgehead atoms. The van der Waals surface area contributed by atoms with Crippen LogP contribution in [-0.4, -0.2) is 30.3 Å². The Labute approximate surface area is 107 Å². The second-order valence-electron chi connectivity index (χ2n) is 6.39. The van der Waals surface area contributed by atoms with Crippen LogP contribution in [0.3, 0.4) is 0 Å². The quantitative estimate of drug-likeness (QED) is 0.634. The fourth-order valence-electron chi connectivity index (χ4n) is 2.78. The number of carbonyl (C=O) groups is 1. The molecular weight excluding hydrogens is 210 g/mol. The third kappa shape index (κ3) is 4.42. The number of hydrogen-bond donors (Lipinski definition) is 0. The van der Waals surface area contributed by atoms with Crippen molar-refractivity contribution < 1.29 is 4.79 Å². The summed E-state index contributed by atoms with van der Waals surface area (Å²) in [5, 5.41) is 0. The fraction of sp³-hybridized carbons (Fsp3) is 0.933. The Balaban J connectivity index is 2.65. The molecule has 2 nitrogen and oxygen atoms in total. The van der Waals surface area contributed by atoms with Gasteiger partial charge in [0.2, 0.25) is 0 Å². The van der Waals surface area contributed by atoms with Crippen LogP contribution in [0.15, 0.2) is 0 Å². The predicted octanol–water partition coefficient (Wildman–Crippen LogP) is 3.50. The van der Waals surface area contributed by atoms with Crippen LogP contribution in [0.2, 0.25) is 0 Å². The van der Waals surface area contributed by atoms with Crippen LogP contribution >= 0.6 is 0 Å². The molecule has 1 atom stereocenters. The first-order valence-electron chi connectivity index (χ1n) is 7.21. The Kier molecular flexibility index (Phi) is 5.64. The molecule has 0 N–H and O–H groups in total. The summed E-state index contributed by atoms with van der Waals surface area (Å²) in [6.45, 7) is 10.8. The Morgan fingerprint density at radius 2 is 1.94 bits per heavy atom. The maximum absolute atomic E-state index is 11.3. The molecular formula is C15H29NO. The van der Waals surface area contributed by atoms with Gasteiger partial charge in [-0.2, -0.15) is 0 Å². The molecule has 1 aliphatic carbocycles. The van der Waals surface area contributed by atoms with Gasteiger partial charge in [0.25, 0.3) is 0 Å². The molecule has 0 saturated heterocycles. The third-order valence-corrected chi connectivity index (χ3v) is 4.10. The Morgan fingerprint density at radius 3 is 2.35 bits per heavy atom. The van der Waals surface area contributed by atoms with E-state index in [4.69, 9.17) is 0 Å².